The molecule has 0 saturated carbocycles. The summed E-state index contributed by atoms with van der Waals surface area (Å²) in [5.41, 5.74) is 1.45. The second-order valence-corrected chi connectivity index (χ2v) is 6.70. The molecule has 9 nitrogen and oxygen atoms in total. The molecule has 3 aromatic carbocycles. The molecule has 1 N–H and O–H groups in total. The molecule has 0 aromatic heterocycles. The Morgan fingerprint density at radius 1 is 0.879 bits per heavy atom. The average molecular weight is 451 g/mol. The normalized spacial score (nSPS) is 10.6. The smallest absolute Gasteiger partial charge is 0.347 e. The van der Waals surface area contributed by atoms with Gasteiger partial charge < -0.3 is 24.1 Å². The average Bonchev–Trinajstić information content (AvgIpc) is 2.82. The monoisotopic (exact) mass is 451 g/mol. The molecule has 0 atom stereocenters. The van der Waals surface area contributed by atoms with Gasteiger partial charge in [0.05, 0.1) is 31.8 Å². The first-order valence-corrected chi connectivity index (χ1v) is 9.64. The minimum atomic E-state index is -0.690. The fourth-order valence-electron chi connectivity index (χ4n) is 3.04. The summed E-state index contributed by atoms with van der Waals surface area (Å²) in [7, 11) is 4.31. The van der Waals surface area contributed by atoms with Crippen molar-refractivity contribution in [2.24, 2.45) is 0 Å². The Hall–Kier alpha value is -4.53. The van der Waals surface area contributed by atoms with Crippen LogP contribution in [0.1, 0.15) is 21.5 Å². The Balaban J connectivity index is 1.89. The van der Waals surface area contributed by atoms with Crippen LogP contribution < -0.4 is 18.9 Å². The largest absolute Gasteiger partial charge is 0.508 e. The number of phenolic OH excluding ortho intramolecular Hbond substituents is 1. The summed E-state index contributed by atoms with van der Waals surface area (Å²) in [5, 5.41) is 20.4. The van der Waals surface area contributed by atoms with Crippen molar-refractivity contribution in [1.82, 2.24) is 0 Å². The van der Waals surface area contributed by atoms with Gasteiger partial charge in [-0.3, -0.25) is 10.1 Å². The highest BCUT2D eigenvalue weighted by atomic mass is 16.6. The van der Waals surface area contributed by atoms with Gasteiger partial charge >= 0.3 is 5.97 Å². The number of methoxy groups -OCH3 is 3. The summed E-state index contributed by atoms with van der Waals surface area (Å²) in [5.74, 6) is 0.375. The van der Waals surface area contributed by atoms with Crippen molar-refractivity contribution in [2.75, 3.05) is 21.3 Å². The number of phenols is 1. The lowest BCUT2D eigenvalue weighted by Crippen LogP contribution is -2.10. The predicted molar refractivity (Wildman–Crippen MR) is 121 cm³/mol. The number of non-ortho nitro benzene ring substituents is 1. The lowest BCUT2D eigenvalue weighted by Gasteiger charge is -2.14. The van der Waals surface area contributed by atoms with Crippen molar-refractivity contribution in [3.8, 4) is 28.7 Å². The molecule has 0 spiro atoms. The van der Waals surface area contributed by atoms with Crippen molar-refractivity contribution in [1.29, 1.82) is 0 Å². The van der Waals surface area contributed by atoms with E-state index in [2.05, 4.69) is 0 Å². The molecule has 0 amide bonds. The van der Waals surface area contributed by atoms with E-state index in [4.69, 9.17) is 18.9 Å². The van der Waals surface area contributed by atoms with E-state index in [1.54, 1.807) is 24.3 Å². The van der Waals surface area contributed by atoms with E-state index in [1.165, 1.54) is 63.8 Å². The van der Waals surface area contributed by atoms with Gasteiger partial charge in [-0.25, -0.2) is 4.79 Å². The molecule has 0 bridgehead atoms. The van der Waals surface area contributed by atoms with Gasteiger partial charge in [0.2, 0.25) is 0 Å². The number of carbonyl (C=O) groups is 1. The van der Waals surface area contributed by atoms with Crippen LogP contribution in [0.15, 0.2) is 54.6 Å². The molecule has 0 unspecified atom stereocenters. The number of carbonyl (C=O) groups excluding carboxylic acids is 1. The Bertz CT molecular complexity index is 1180. The fourth-order valence-corrected chi connectivity index (χ4v) is 3.04. The predicted octanol–water partition coefficient (Wildman–Crippen LogP) is 4.72. The number of hydrogen-bond donors (Lipinski definition) is 1. The van der Waals surface area contributed by atoms with Crippen LogP contribution in [0.4, 0.5) is 5.69 Å². The number of benzene rings is 3. The quantitative estimate of drug-likeness (QED) is 0.172. The van der Waals surface area contributed by atoms with Crippen molar-refractivity contribution >= 4 is 23.8 Å². The van der Waals surface area contributed by atoms with E-state index in [0.717, 1.165) is 5.56 Å². The number of nitro benzene ring substituents is 1. The molecule has 9 heteroatoms. The lowest BCUT2D eigenvalue weighted by molar-refractivity contribution is -0.384. The molecule has 170 valence electrons. The van der Waals surface area contributed by atoms with E-state index in [9.17, 15) is 20.0 Å². The molecule has 33 heavy (non-hydrogen) atoms. The van der Waals surface area contributed by atoms with E-state index >= 15 is 0 Å². The summed E-state index contributed by atoms with van der Waals surface area (Å²) in [4.78, 5) is 23.0. The van der Waals surface area contributed by atoms with Gasteiger partial charge in [-0.05, 0) is 35.9 Å². The molecule has 0 radical (unpaired) electrons. The number of esters is 1. The standard InChI is InChI=1S/C24H21NO8/c1-30-21-12-17(26)9-11-20(21)24(27)33-18-13-22(31-2)19(23(14-18)32-3)10-6-15-4-7-16(8-5-15)25(28)29/h4-14,26H,1-3H3/b10-6+. The van der Waals surface area contributed by atoms with Gasteiger partial charge in [-0.15, -0.1) is 0 Å². The van der Waals surface area contributed by atoms with Crippen molar-refractivity contribution < 1.29 is 33.8 Å². The third-order valence-electron chi connectivity index (χ3n) is 4.68. The zero-order chi connectivity index (χ0) is 24.0. The zero-order valence-corrected chi connectivity index (χ0v) is 18.1. The van der Waals surface area contributed by atoms with Crippen LogP contribution in [0, 0.1) is 10.1 Å². The van der Waals surface area contributed by atoms with E-state index in [1.807, 2.05) is 0 Å². The van der Waals surface area contributed by atoms with Crippen molar-refractivity contribution in [3.05, 3.63) is 81.4 Å². The second-order valence-electron chi connectivity index (χ2n) is 6.70. The van der Waals surface area contributed by atoms with E-state index in [0.29, 0.717) is 17.1 Å². The van der Waals surface area contributed by atoms with Crippen LogP contribution in [0.5, 0.6) is 28.7 Å². The van der Waals surface area contributed by atoms with Crippen LogP contribution in [-0.4, -0.2) is 37.3 Å². The Morgan fingerprint density at radius 2 is 1.48 bits per heavy atom. The van der Waals surface area contributed by atoms with Crippen molar-refractivity contribution in [3.63, 3.8) is 0 Å². The number of nitro groups is 1. The zero-order valence-electron chi connectivity index (χ0n) is 18.1. The summed E-state index contributed by atoms with van der Waals surface area (Å²) in [6.07, 6.45) is 3.48. The highest BCUT2D eigenvalue weighted by Crippen LogP contribution is 2.36. The minimum Gasteiger partial charge on any atom is -0.508 e. The van der Waals surface area contributed by atoms with E-state index < -0.39 is 10.9 Å². The molecule has 0 aliphatic rings. The van der Waals surface area contributed by atoms with E-state index in [-0.39, 0.29) is 28.5 Å². The number of ether oxygens (including phenoxy) is 4. The summed E-state index contributed by atoms with van der Waals surface area (Å²) in [6, 6.07) is 13.2. The van der Waals surface area contributed by atoms with Crippen LogP contribution in [0.2, 0.25) is 0 Å². The Morgan fingerprint density at radius 3 is 2.03 bits per heavy atom. The summed E-state index contributed by atoms with van der Waals surface area (Å²) in [6.45, 7) is 0. The molecular formula is C24H21NO8. The topological polar surface area (TPSA) is 117 Å². The third-order valence-corrected chi connectivity index (χ3v) is 4.68. The first kappa shape index (κ1) is 23.1. The molecular weight excluding hydrogens is 430 g/mol. The number of nitrogens with zero attached hydrogens (tertiary/aromatic N) is 1. The number of hydrogen-bond acceptors (Lipinski definition) is 8. The second kappa shape index (κ2) is 10.2. The maximum Gasteiger partial charge on any atom is 0.347 e. The first-order valence-electron chi connectivity index (χ1n) is 9.64. The minimum absolute atomic E-state index is 0.00117. The molecule has 0 aliphatic carbocycles. The van der Waals surface area contributed by atoms with Gasteiger partial charge in [-0.1, -0.05) is 6.08 Å². The van der Waals surface area contributed by atoms with Gasteiger partial charge in [0.15, 0.2) is 0 Å². The maximum atomic E-state index is 12.6. The van der Waals surface area contributed by atoms with Gasteiger partial charge in [-0.2, -0.15) is 0 Å². The fraction of sp³-hybridized carbons (Fsp3) is 0.125. The lowest BCUT2D eigenvalue weighted by atomic mass is 10.1. The van der Waals surface area contributed by atoms with Gasteiger partial charge in [0.1, 0.15) is 34.3 Å². The van der Waals surface area contributed by atoms with Gasteiger partial charge in [0, 0.05) is 30.3 Å². The van der Waals surface area contributed by atoms with Crippen LogP contribution >= 0.6 is 0 Å². The summed E-state index contributed by atoms with van der Waals surface area (Å²) >= 11 is 0. The maximum absolute atomic E-state index is 12.6. The van der Waals surface area contributed by atoms with Gasteiger partial charge in [0.25, 0.3) is 5.69 Å². The number of aromatic hydroxyl groups is 1. The number of rotatable bonds is 8. The van der Waals surface area contributed by atoms with Crippen molar-refractivity contribution in [2.45, 2.75) is 0 Å². The Labute approximate surface area is 189 Å². The third kappa shape index (κ3) is 5.40. The highest BCUT2D eigenvalue weighted by Gasteiger charge is 2.18. The molecule has 3 aromatic rings. The molecule has 0 saturated heterocycles. The Kier molecular flexibility index (Phi) is 7.14. The highest BCUT2D eigenvalue weighted by molar-refractivity contribution is 5.94. The molecule has 0 heterocycles. The molecule has 0 fully saturated rings. The SMILES string of the molecule is COc1cc(O)ccc1C(=O)Oc1cc(OC)c(/C=C/c2ccc([N+](=O)[O-])cc2)c(OC)c1. The van der Waals surface area contributed by atoms with Crippen LogP contribution in [0.25, 0.3) is 12.2 Å². The first-order chi connectivity index (χ1) is 15.9. The molecule has 0 aliphatic heterocycles. The van der Waals surface area contributed by atoms with Crippen LogP contribution in [-0.2, 0) is 0 Å². The van der Waals surface area contributed by atoms with Crippen LogP contribution in [0.3, 0.4) is 0 Å². The molecule has 3 rings (SSSR count). The summed E-state index contributed by atoms with van der Waals surface area (Å²) < 4.78 is 21.5.